The fourth-order valence-electron chi connectivity index (χ4n) is 1.83. The van der Waals surface area contributed by atoms with E-state index in [1.165, 1.54) is 6.07 Å². The first-order chi connectivity index (χ1) is 7.95. The van der Waals surface area contributed by atoms with Crippen LogP contribution in [0.25, 0.3) is 10.9 Å². The van der Waals surface area contributed by atoms with E-state index >= 15 is 0 Å². The molecule has 2 nitrogen and oxygen atoms in total. The molecule has 2 rings (SSSR count). The predicted octanol–water partition coefficient (Wildman–Crippen LogP) is 2.92. The van der Waals surface area contributed by atoms with Crippen LogP contribution in [0.3, 0.4) is 0 Å². The minimum atomic E-state index is -0.278. The lowest BCUT2D eigenvalue weighted by molar-refractivity contribution is 0.522. The molecule has 0 fully saturated rings. The molecular formula is C14H17FN2. The van der Waals surface area contributed by atoms with E-state index < -0.39 is 0 Å². The van der Waals surface area contributed by atoms with E-state index in [9.17, 15) is 4.39 Å². The van der Waals surface area contributed by atoms with Gasteiger partial charge in [0.2, 0.25) is 0 Å². The number of pyridine rings is 1. The second-order valence-corrected chi connectivity index (χ2v) is 5.05. The van der Waals surface area contributed by atoms with Gasteiger partial charge in [-0.2, -0.15) is 0 Å². The van der Waals surface area contributed by atoms with E-state index in [0.717, 1.165) is 16.6 Å². The summed E-state index contributed by atoms with van der Waals surface area (Å²) in [5, 5.41) is 0.863. The van der Waals surface area contributed by atoms with E-state index in [0.29, 0.717) is 12.1 Å². The molecule has 1 aromatic heterocycles. The summed E-state index contributed by atoms with van der Waals surface area (Å²) in [6.07, 6.45) is 0. The van der Waals surface area contributed by atoms with Crippen LogP contribution in [-0.4, -0.2) is 11.5 Å². The second kappa shape index (κ2) is 4.08. The number of hydrogen-bond donors (Lipinski definition) is 1. The Balaban J connectivity index is 2.75. The molecule has 1 heterocycles. The number of nitrogens with zero attached hydrogens (tertiary/aromatic N) is 1. The van der Waals surface area contributed by atoms with Gasteiger partial charge < -0.3 is 5.73 Å². The maximum Gasteiger partial charge on any atom is 0.149 e. The predicted molar refractivity (Wildman–Crippen MR) is 68.5 cm³/mol. The Labute approximate surface area is 101 Å². The first-order valence-electron chi connectivity index (χ1n) is 5.72. The maximum absolute atomic E-state index is 13.7. The fourth-order valence-corrected chi connectivity index (χ4v) is 1.83. The molecule has 0 saturated carbocycles. The normalized spacial score (nSPS) is 12.1. The van der Waals surface area contributed by atoms with E-state index in [1.54, 1.807) is 6.07 Å². The van der Waals surface area contributed by atoms with Crippen molar-refractivity contribution in [3.8, 4) is 0 Å². The maximum atomic E-state index is 13.7. The van der Waals surface area contributed by atoms with Crippen molar-refractivity contribution in [1.82, 2.24) is 4.98 Å². The van der Waals surface area contributed by atoms with Crippen LogP contribution in [0.4, 0.5) is 4.39 Å². The van der Waals surface area contributed by atoms with Crippen molar-refractivity contribution in [3.05, 3.63) is 41.3 Å². The van der Waals surface area contributed by atoms with Gasteiger partial charge in [0, 0.05) is 23.0 Å². The molecule has 1 aromatic carbocycles. The Morgan fingerprint density at radius 2 is 2.06 bits per heavy atom. The average Bonchev–Trinajstić information content (AvgIpc) is 2.30. The van der Waals surface area contributed by atoms with Crippen LogP contribution in [-0.2, 0) is 5.41 Å². The zero-order valence-electron chi connectivity index (χ0n) is 10.4. The number of hydrogen-bond acceptors (Lipinski definition) is 2. The SMILES string of the molecule is Cc1cc(C(C)(C)CN)nc2c(F)cccc12. The molecule has 0 aliphatic carbocycles. The number of nitrogens with two attached hydrogens (primary N) is 1. The van der Waals surface area contributed by atoms with Crippen LogP contribution in [0.1, 0.15) is 25.1 Å². The van der Waals surface area contributed by atoms with Crippen LogP contribution in [0.5, 0.6) is 0 Å². The van der Waals surface area contributed by atoms with Gasteiger partial charge in [0.1, 0.15) is 11.3 Å². The van der Waals surface area contributed by atoms with Gasteiger partial charge in [0.15, 0.2) is 0 Å². The molecule has 3 heteroatoms. The Bertz CT molecular complexity index is 561. The zero-order chi connectivity index (χ0) is 12.6. The van der Waals surface area contributed by atoms with Crippen LogP contribution >= 0.6 is 0 Å². The van der Waals surface area contributed by atoms with E-state index in [-0.39, 0.29) is 11.2 Å². The van der Waals surface area contributed by atoms with Crippen molar-refractivity contribution in [2.75, 3.05) is 6.54 Å². The monoisotopic (exact) mass is 232 g/mol. The van der Waals surface area contributed by atoms with Crippen LogP contribution < -0.4 is 5.73 Å². The van der Waals surface area contributed by atoms with Crippen molar-refractivity contribution in [1.29, 1.82) is 0 Å². The van der Waals surface area contributed by atoms with E-state index in [1.807, 2.05) is 32.9 Å². The summed E-state index contributed by atoms with van der Waals surface area (Å²) in [6, 6.07) is 7.03. The molecule has 0 atom stereocenters. The fraction of sp³-hybridized carbons (Fsp3) is 0.357. The number of rotatable bonds is 2. The van der Waals surface area contributed by atoms with Crippen molar-refractivity contribution in [2.45, 2.75) is 26.2 Å². The minimum Gasteiger partial charge on any atom is -0.330 e. The molecule has 2 aromatic rings. The third-order valence-corrected chi connectivity index (χ3v) is 3.20. The zero-order valence-corrected chi connectivity index (χ0v) is 10.4. The van der Waals surface area contributed by atoms with Gasteiger partial charge in [-0.25, -0.2) is 9.37 Å². The topological polar surface area (TPSA) is 38.9 Å². The van der Waals surface area contributed by atoms with E-state index in [4.69, 9.17) is 5.73 Å². The molecule has 17 heavy (non-hydrogen) atoms. The van der Waals surface area contributed by atoms with Gasteiger partial charge in [-0.15, -0.1) is 0 Å². The Morgan fingerprint density at radius 1 is 1.35 bits per heavy atom. The molecule has 0 unspecified atom stereocenters. The molecule has 0 bridgehead atoms. The summed E-state index contributed by atoms with van der Waals surface area (Å²) in [4.78, 5) is 4.42. The quantitative estimate of drug-likeness (QED) is 0.864. The van der Waals surface area contributed by atoms with Gasteiger partial charge in [-0.05, 0) is 24.6 Å². The van der Waals surface area contributed by atoms with Crippen LogP contribution in [0, 0.1) is 12.7 Å². The molecule has 0 radical (unpaired) electrons. The Kier molecular flexibility index (Phi) is 2.87. The molecule has 0 aliphatic rings. The highest BCUT2D eigenvalue weighted by atomic mass is 19.1. The summed E-state index contributed by atoms with van der Waals surface area (Å²) in [6.45, 7) is 6.49. The number of fused-ring (bicyclic) bond motifs is 1. The highest BCUT2D eigenvalue weighted by Crippen LogP contribution is 2.26. The van der Waals surface area contributed by atoms with Crippen LogP contribution in [0.15, 0.2) is 24.3 Å². The highest BCUT2D eigenvalue weighted by molar-refractivity contribution is 5.82. The standard InChI is InChI=1S/C14H17FN2/c1-9-7-12(14(2,3)8-16)17-13-10(9)5-4-6-11(13)15/h4-7H,8,16H2,1-3H3. The summed E-state index contributed by atoms with van der Waals surface area (Å²) in [7, 11) is 0. The number of aryl methyl sites for hydroxylation is 1. The van der Waals surface area contributed by atoms with Gasteiger partial charge in [0.25, 0.3) is 0 Å². The van der Waals surface area contributed by atoms with Crippen molar-refractivity contribution in [2.24, 2.45) is 5.73 Å². The molecule has 2 N–H and O–H groups in total. The van der Waals surface area contributed by atoms with Gasteiger partial charge in [-0.1, -0.05) is 26.0 Å². The first-order valence-corrected chi connectivity index (χ1v) is 5.72. The Morgan fingerprint density at radius 3 is 2.71 bits per heavy atom. The largest absolute Gasteiger partial charge is 0.330 e. The number of benzene rings is 1. The minimum absolute atomic E-state index is 0.235. The lowest BCUT2D eigenvalue weighted by Gasteiger charge is -2.22. The molecular weight excluding hydrogens is 215 g/mol. The number of aromatic nitrogens is 1. The molecule has 0 amide bonds. The van der Waals surface area contributed by atoms with E-state index in [2.05, 4.69) is 4.98 Å². The smallest absolute Gasteiger partial charge is 0.149 e. The third kappa shape index (κ3) is 2.03. The molecule has 0 saturated heterocycles. The van der Waals surface area contributed by atoms with Crippen molar-refractivity contribution < 1.29 is 4.39 Å². The molecule has 90 valence electrons. The lowest BCUT2D eigenvalue weighted by atomic mass is 9.87. The van der Waals surface area contributed by atoms with Crippen molar-refractivity contribution in [3.63, 3.8) is 0 Å². The summed E-state index contributed by atoms with van der Waals surface area (Å²) < 4.78 is 13.7. The average molecular weight is 232 g/mol. The van der Waals surface area contributed by atoms with Crippen molar-refractivity contribution >= 4 is 10.9 Å². The highest BCUT2D eigenvalue weighted by Gasteiger charge is 2.21. The summed E-state index contributed by atoms with van der Waals surface area (Å²) in [5.74, 6) is -0.278. The summed E-state index contributed by atoms with van der Waals surface area (Å²) in [5.41, 5.74) is 7.81. The lowest BCUT2D eigenvalue weighted by Crippen LogP contribution is -2.29. The summed E-state index contributed by atoms with van der Waals surface area (Å²) >= 11 is 0. The number of para-hydroxylation sites is 1. The van der Waals surface area contributed by atoms with Gasteiger partial charge in [-0.3, -0.25) is 0 Å². The van der Waals surface area contributed by atoms with Gasteiger partial charge >= 0.3 is 0 Å². The van der Waals surface area contributed by atoms with Crippen LogP contribution in [0.2, 0.25) is 0 Å². The molecule has 0 spiro atoms. The molecule has 0 aliphatic heterocycles. The third-order valence-electron chi connectivity index (χ3n) is 3.20. The van der Waals surface area contributed by atoms with Gasteiger partial charge in [0.05, 0.1) is 0 Å². The second-order valence-electron chi connectivity index (χ2n) is 5.05. The number of halogens is 1. The first kappa shape index (κ1) is 12.0. The Hall–Kier alpha value is -1.48.